The molecule has 0 saturated heterocycles. The monoisotopic (exact) mass is 193 g/mol. The molecule has 1 aromatic carbocycles. The quantitative estimate of drug-likeness (QED) is 0.653. The number of fused-ring (bicyclic) bond motifs is 1. The van der Waals surface area contributed by atoms with Crippen molar-refractivity contribution in [2.24, 2.45) is 0 Å². The molecule has 0 spiro atoms. The Hall–Kier alpha value is -1.73. The molecule has 2 rings (SSSR count). The molecule has 13 heavy (non-hydrogen) atoms. The molecule has 0 aliphatic rings. The fourth-order valence-electron chi connectivity index (χ4n) is 1.22. The molecular weight excluding hydrogens is 190 g/mol. The third-order valence-corrected chi connectivity index (χ3v) is 2.04. The Morgan fingerprint density at radius 3 is 2.92 bits per heavy atom. The van der Waals surface area contributed by atoms with Gasteiger partial charge in [0.25, 0.3) is 0 Å². The Kier molecular flexibility index (Phi) is 1.61. The van der Waals surface area contributed by atoms with E-state index < -0.39 is 5.88 Å². The first-order chi connectivity index (χ1) is 6.22. The van der Waals surface area contributed by atoms with Crippen molar-refractivity contribution in [1.29, 1.82) is 5.39 Å². The molecule has 5 heteroatoms. The largest absolute Gasteiger partial charge is 0.855 e. The van der Waals surface area contributed by atoms with E-state index in [9.17, 15) is 5.11 Å². The average molecular weight is 194 g/mol. The summed E-state index contributed by atoms with van der Waals surface area (Å²) in [5.74, 6) is -0.417. The van der Waals surface area contributed by atoms with Gasteiger partial charge in [-0.3, -0.25) is 0 Å². The Labute approximate surface area is 78.4 Å². The molecule has 0 atom stereocenters. The molecule has 0 bridgehead atoms. The summed E-state index contributed by atoms with van der Waals surface area (Å²) in [6, 6.07) is 4.89. The van der Waals surface area contributed by atoms with E-state index in [0.29, 0.717) is 15.9 Å². The third-order valence-electron chi connectivity index (χ3n) is 1.80. The summed E-state index contributed by atoms with van der Waals surface area (Å²) in [5.41, 5.74) is 0.611. The summed E-state index contributed by atoms with van der Waals surface area (Å²) < 4.78 is 0. The first-order valence-electron chi connectivity index (χ1n) is 3.55. The lowest BCUT2D eigenvalue weighted by atomic mass is 10.2. The number of H-pyrrole nitrogens is 1. The SMILES string of the molecule is N#[N+]c1c([O-])[nH]c2ccc(Cl)cc12. The number of nitrogens with zero attached hydrogens (tertiary/aromatic N) is 2. The van der Waals surface area contributed by atoms with Gasteiger partial charge >= 0.3 is 5.69 Å². The number of diazo groups is 1. The van der Waals surface area contributed by atoms with Gasteiger partial charge in [-0.1, -0.05) is 11.6 Å². The van der Waals surface area contributed by atoms with Crippen LogP contribution in [0.15, 0.2) is 18.2 Å². The first kappa shape index (κ1) is 7.90. The lowest BCUT2D eigenvalue weighted by molar-refractivity contribution is -0.272. The summed E-state index contributed by atoms with van der Waals surface area (Å²) in [4.78, 5) is 5.43. The fraction of sp³-hybridized carbons (Fsp3) is 0. The maximum Gasteiger partial charge on any atom is 0.402 e. The lowest BCUT2D eigenvalue weighted by Gasteiger charge is -1.90. The molecule has 0 amide bonds. The number of rotatable bonds is 0. The Bertz CT molecular complexity index is 512. The van der Waals surface area contributed by atoms with Crippen molar-refractivity contribution in [2.75, 3.05) is 0 Å². The second kappa shape index (κ2) is 2.64. The molecule has 1 aromatic heterocycles. The van der Waals surface area contributed by atoms with E-state index in [4.69, 9.17) is 17.0 Å². The van der Waals surface area contributed by atoms with E-state index >= 15 is 0 Å². The number of halogens is 1. The minimum Gasteiger partial charge on any atom is -0.855 e. The zero-order valence-electron chi connectivity index (χ0n) is 6.41. The molecule has 0 aliphatic heterocycles. The van der Waals surface area contributed by atoms with Crippen molar-refractivity contribution in [2.45, 2.75) is 0 Å². The van der Waals surface area contributed by atoms with Gasteiger partial charge in [-0.2, -0.15) is 0 Å². The van der Waals surface area contributed by atoms with Crippen LogP contribution in [0.4, 0.5) is 5.69 Å². The number of nitrogens with one attached hydrogen (secondary N) is 1. The van der Waals surface area contributed by atoms with E-state index in [1.165, 1.54) is 0 Å². The average Bonchev–Trinajstić information content (AvgIpc) is 2.40. The molecule has 1 heterocycles. The van der Waals surface area contributed by atoms with Crippen LogP contribution in [0.5, 0.6) is 5.88 Å². The van der Waals surface area contributed by atoms with Gasteiger partial charge < -0.3 is 10.1 Å². The van der Waals surface area contributed by atoms with Crippen molar-refractivity contribution in [3.63, 3.8) is 0 Å². The summed E-state index contributed by atoms with van der Waals surface area (Å²) in [5, 5.41) is 20.7. The smallest absolute Gasteiger partial charge is 0.402 e. The third kappa shape index (κ3) is 1.10. The van der Waals surface area contributed by atoms with Crippen LogP contribution in [-0.2, 0) is 0 Å². The van der Waals surface area contributed by atoms with E-state index in [2.05, 4.69) is 9.96 Å². The highest BCUT2D eigenvalue weighted by molar-refractivity contribution is 6.31. The predicted molar refractivity (Wildman–Crippen MR) is 47.5 cm³/mol. The van der Waals surface area contributed by atoms with Crippen LogP contribution in [0.3, 0.4) is 0 Å². The van der Waals surface area contributed by atoms with Gasteiger partial charge in [0, 0.05) is 5.02 Å². The fourth-order valence-corrected chi connectivity index (χ4v) is 1.40. The van der Waals surface area contributed by atoms with Crippen molar-refractivity contribution in [3.05, 3.63) is 28.2 Å². The Morgan fingerprint density at radius 1 is 1.46 bits per heavy atom. The molecule has 2 aromatic rings. The molecule has 0 fully saturated rings. The summed E-state index contributed by atoms with van der Waals surface area (Å²) in [7, 11) is 0. The molecule has 4 nitrogen and oxygen atoms in total. The Morgan fingerprint density at radius 2 is 2.23 bits per heavy atom. The van der Waals surface area contributed by atoms with Gasteiger partial charge in [-0.25, -0.2) is 0 Å². The van der Waals surface area contributed by atoms with Crippen LogP contribution in [0, 0.1) is 5.39 Å². The van der Waals surface area contributed by atoms with Crippen molar-refractivity contribution < 1.29 is 5.11 Å². The standard InChI is InChI=1S/C8H4ClN3O/c9-4-1-2-6-5(3-4)7(12-10)8(13)11-6/h1-3,10H. The maximum atomic E-state index is 11.1. The summed E-state index contributed by atoms with van der Waals surface area (Å²) in [6.45, 7) is 0. The van der Waals surface area contributed by atoms with Gasteiger partial charge in [0.1, 0.15) is 0 Å². The normalized spacial score (nSPS) is 10.2. The van der Waals surface area contributed by atoms with E-state index in [0.717, 1.165) is 0 Å². The van der Waals surface area contributed by atoms with Crippen LogP contribution in [-0.4, -0.2) is 4.98 Å². The lowest BCUT2D eigenvalue weighted by Crippen LogP contribution is -1.87. The second-order valence-corrected chi connectivity index (χ2v) is 3.03. The summed E-state index contributed by atoms with van der Waals surface area (Å²) in [6.07, 6.45) is 0. The number of aromatic nitrogens is 1. The topological polar surface area (TPSA) is 67.0 Å². The molecule has 0 aliphatic carbocycles. The van der Waals surface area contributed by atoms with Gasteiger partial charge in [0.15, 0.2) is 4.98 Å². The highest BCUT2D eigenvalue weighted by Gasteiger charge is 2.15. The van der Waals surface area contributed by atoms with Crippen LogP contribution in [0.2, 0.25) is 5.02 Å². The van der Waals surface area contributed by atoms with Crippen LogP contribution < -0.4 is 5.11 Å². The van der Waals surface area contributed by atoms with Crippen molar-refractivity contribution in [1.82, 2.24) is 4.98 Å². The minimum atomic E-state index is -0.417. The second-order valence-electron chi connectivity index (χ2n) is 2.59. The van der Waals surface area contributed by atoms with Gasteiger partial charge in [0.05, 0.1) is 16.8 Å². The van der Waals surface area contributed by atoms with Crippen LogP contribution in [0.1, 0.15) is 0 Å². The van der Waals surface area contributed by atoms with Crippen LogP contribution >= 0.6 is 11.6 Å². The number of benzene rings is 1. The van der Waals surface area contributed by atoms with E-state index in [-0.39, 0.29) is 5.69 Å². The number of hydrogen-bond donors (Lipinski definition) is 1. The minimum absolute atomic E-state index is 0.00231. The molecule has 1 N–H and O–H groups in total. The Balaban J connectivity index is 2.91. The van der Waals surface area contributed by atoms with E-state index in [1.54, 1.807) is 18.2 Å². The van der Waals surface area contributed by atoms with Gasteiger partial charge in [-0.15, -0.1) is 0 Å². The van der Waals surface area contributed by atoms with E-state index in [1.807, 2.05) is 0 Å². The van der Waals surface area contributed by atoms with Gasteiger partial charge in [-0.05, 0) is 18.2 Å². The molecule has 0 unspecified atom stereocenters. The molecule has 0 saturated carbocycles. The van der Waals surface area contributed by atoms with Crippen LogP contribution in [0.25, 0.3) is 15.9 Å². The zero-order chi connectivity index (χ0) is 9.42. The predicted octanol–water partition coefficient (Wildman–Crippen LogP) is 2.38. The molecule has 64 valence electrons. The zero-order valence-corrected chi connectivity index (χ0v) is 7.17. The highest BCUT2D eigenvalue weighted by atomic mass is 35.5. The number of hydrogen-bond acceptors (Lipinski definition) is 2. The highest BCUT2D eigenvalue weighted by Crippen LogP contribution is 2.34. The molecular formula is C8H4ClN3O. The summed E-state index contributed by atoms with van der Waals surface area (Å²) >= 11 is 5.72. The maximum absolute atomic E-state index is 11.1. The first-order valence-corrected chi connectivity index (χ1v) is 3.93. The molecule has 0 radical (unpaired) electrons. The van der Waals surface area contributed by atoms with Gasteiger partial charge in [0.2, 0.25) is 5.39 Å². The van der Waals surface area contributed by atoms with Crippen molar-refractivity contribution in [3.8, 4) is 5.88 Å². The number of aromatic amines is 1. The van der Waals surface area contributed by atoms with Crippen molar-refractivity contribution >= 4 is 28.2 Å².